The molecule has 0 bridgehead atoms. The molecule has 2 N–H and O–H groups in total. The molecule has 0 spiro atoms. The molecule has 0 aliphatic carbocycles. The Labute approximate surface area is 133 Å². The average Bonchev–Trinajstić information content (AvgIpc) is 2.49. The molecule has 3 nitrogen and oxygen atoms in total. The maximum atomic E-state index is 11.8. The lowest BCUT2D eigenvalue weighted by atomic mass is 10.1. The molecule has 0 saturated heterocycles. The topological polar surface area (TPSA) is 41.1 Å². The van der Waals surface area contributed by atoms with E-state index in [-0.39, 0.29) is 5.91 Å². The van der Waals surface area contributed by atoms with Crippen LogP contribution in [0, 0.1) is 6.92 Å². The van der Waals surface area contributed by atoms with Crippen molar-refractivity contribution in [1.82, 2.24) is 5.32 Å². The Hall–Kier alpha value is -1.65. The van der Waals surface area contributed by atoms with Crippen LogP contribution in [-0.2, 0) is 11.2 Å². The molecule has 0 atom stereocenters. The van der Waals surface area contributed by atoms with Crippen LogP contribution in [0.3, 0.4) is 0 Å². The Morgan fingerprint density at radius 3 is 2.62 bits per heavy atom. The molecule has 2 aromatic rings. The van der Waals surface area contributed by atoms with Gasteiger partial charge in [-0.2, -0.15) is 0 Å². The predicted octanol–water partition coefficient (Wildman–Crippen LogP) is 3.53. The van der Waals surface area contributed by atoms with Crippen molar-refractivity contribution in [2.75, 3.05) is 18.4 Å². The highest BCUT2D eigenvalue weighted by Crippen LogP contribution is 2.19. The van der Waals surface area contributed by atoms with E-state index in [9.17, 15) is 4.79 Å². The van der Waals surface area contributed by atoms with Gasteiger partial charge in [0.05, 0.1) is 6.54 Å². The molecule has 0 heterocycles. The molecule has 110 valence electrons. The molecular weight excluding hydrogens is 328 g/mol. The number of benzene rings is 2. The van der Waals surface area contributed by atoms with E-state index in [0.717, 1.165) is 28.7 Å². The van der Waals surface area contributed by atoms with Gasteiger partial charge >= 0.3 is 0 Å². The second kappa shape index (κ2) is 7.96. The van der Waals surface area contributed by atoms with Crippen molar-refractivity contribution in [3.05, 3.63) is 64.1 Å². The number of carbonyl (C=O) groups excluding carboxylic acids is 1. The van der Waals surface area contributed by atoms with E-state index in [0.29, 0.717) is 6.54 Å². The van der Waals surface area contributed by atoms with E-state index < -0.39 is 0 Å². The minimum atomic E-state index is -0.0233. The van der Waals surface area contributed by atoms with Crippen LogP contribution < -0.4 is 10.6 Å². The molecule has 2 aromatic carbocycles. The van der Waals surface area contributed by atoms with Gasteiger partial charge in [0.2, 0.25) is 5.91 Å². The zero-order valence-electron chi connectivity index (χ0n) is 12.0. The number of aryl methyl sites for hydroxylation is 1. The van der Waals surface area contributed by atoms with Gasteiger partial charge in [0.25, 0.3) is 0 Å². The molecule has 1 amide bonds. The Bertz CT molecular complexity index is 599. The number of halogens is 1. The van der Waals surface area contributed by atoms with E-state index in [4.69, 9.17) is 0 Å². The fraction of sp³-hybridized carbons (Fsp3) is 0.235. The Morgan fingerprint density at radius 1 is 1.14 bits per heavy atom. The smallest absolute Gasteiger partial charge is 0.238 e. The third-order valence-corrected chi connectivity index (χ3v) is 4.05. The molecule has 21 heavy (non-hydrogen) atoms. The summed E-state index contributed by atoms with van der Waals surface area (Å²) in [6.07, 6.45) is 0.922. The lowest BCUT2D eigenvalue weighted by Crippen LogP contribution is -2.29. The third kappa shape index (κ3) is 5.33. The second-order valence-electron chi connectivity index (χ2n) is 4.92. The zero-order valence-corrected chi connectivity index (χ0v) is 13.6. The Balaban J connectivity index is 1.71. The van der Waals surface area contributed by atoms with Crippen LogP contribution in [0.4, 0.5) is 5.69 Å². The summed E-state index contributed by atoms with van der Waals surface area (Å²) in [4.78, 5) is 11.8. The van der Waals surface area contributed by atoms with E-state index in [2.05, 4.69) is 38.7 Å². The van der Waals surface area contributed by atoms with Gasteiger partial charge in [-0.15, -0.1) is 0 Å². The van der Waals surface area contributed by atoms with E-state index in [1.54, 1.807) is 0 Å². The number of hydrogen-bond donors (Lipinski definition) is 2. The fourth-order valence-corrected chi connectivity index (χ4v) is 2.25. The number of amides is 1. The number of nitrogens with one attached hydrogen (secondary N) is 2. The Kier molecular flexibility index (Phi) is 5.96. The molecule has 4 heteroatoms. The van der Waals surface area contributed by atoms with Gasteiger partial charge in [0.15, 0.2) is 0 Å². The van der Waals surface area contributed by atoms with Gasteiger partial charge in [-0.25, -0.2) is 0 Å². The van der Waals surface area contributed by atoms with Crippen LogP contribution in [0.15, 0.2) is 53.0 Å². The number of rotatable bonds is 6. The summed E-state index contributed by atoms with van der Waals surface area (Å²) in [5.41, 5.74) is 3.20. The van der Waals surface area contributed by atoms with Gasteiger partial charge < -0.3 is 10.6 Å². The molecule has 2 rings (SSSR count). The fourth-order valence-electron chi connectivity index (χ4n) is 2.01. The number of hydrogen-bond acceptors (Lipinski definition) is 2. The first-order chi connectivity index (χ1) is 10.1. The van der Waals surface area contributed by atoms with Crippen LogP contribution in [0.25, 0.3) is 0 Å². The van der Waals surface area contributed by atoms with Crippen molar-refractivity contribution in [2.45, 2.75) is 13.3 Å². The molecule has 0 saturated carbocycles. The molecule has 0 unspecified atom stereocenters. The maximum Gasteiger partial charge on any atom is 0.238 e. The van der Waals surface area contributed by atoms with Gasteiger partial charge in [-0.05, 0) is 49.2 Å². The normalized spacial score (nSPS) is 10.4. The Morgan fingerprint density at radius 2 is 1.90 bits per heavy atom. The highest BCUT2D eigenvalue weighted by atomic mass is 79.9. The van der Waals surface area contributed by atoms with Crippen molar-refractivity contribution in [2.24, 2.45) is 0 Å². The quantitative estimate of drug-likeness (QED) is 0.785. The summed E-state index contributed by atoms with van der Waals surface area (Å²) in [5, 5.41) is 6.04. The van der Waals surface area contributed by atoms with E-state index >= 15 is 0 Å². The first kappa shape index (κ1) is 15.7. The summed E-state index contributed by atoms with van der Waals surface area (Å²) in [7, 11) is 0. The summed E-state index contributed by atoms with van der Waals surface area (Å²) in [6, 6.07) is 16.0. The minimum Gasteiger partial charge on any atom is -0.325 e. The van der Waals surface area contributed by atoms with E-state index in [1.807, 2.05) is 43.3 Å². The first-order valence-electron chi connectivity index (χ1n) is 6.96. The minimum absolute atomic E-state index is 0.0233. The summed E-state index contributed by atoms with van der Waals surface area (Å²) >= 11 is 3.44. The van der Waals surface area contributed by atoms with Crippen LogP contribution in [0.5, 0.6) is 0 Å². The zero-order chi connectivity index (χ0) is 15.1. The molecule has 0 aromatic heterocycles. The number of carbonyl (C=O) groups is 1. The molecule has 0 radical (unpaired) electrons. The SMILES string of the molecule is Cc1cc(NC(=O)CNCCc2ccccc2)ccc1Br. The van der Waals surface area contributed by atoms with Crippen LogP contribution in [-0.4, -0.2) is 19.0 Å². The lowest BCUT2D eigenvalue weighted by Gasteiger charge is -2.08. The highest BCUT2D eigenvalue weighted by molar-refractivity contribution is 9.10. The van der Waals surface area contributed by atoms with Crippen LogP contribution in [0.1, 0.15) is 11.1 Å². The monoisotopic (exact) mass is 346 g/mol. The largest absolute Gasteiger partial charge is 0.325 e. The van der Waals surface area contributed by atoms with Crippen LogP contribution in [0.2, 0.25) is 0 Å². The van der Waals surface area contributed by atoms with Crippen molar-refractivity contribution < 1.29 is 4.79 Å². The third-order valence-electron chi connectivity index (χ3n) is 3.16. The first-order valence-corrected chi connectivity index (χ1v) is 7.75. The standard InChI is InChI=1S/C17H19BrN2O/c1-13-11-15(7-8-16(13)18)20-17(21)12-19-10-9-14-5-3-2-4-6-14/h2-8,11,19H,9-10,12H2,1H3,(H,20,21). The van der Waals surface area contributed by atoms with Gasteiger partial charge in [-0.3, -0.25) is 4.79 Å². The highest BCUT2D eigenvalue weighted by Gasteiger charge is 2.03. The maximum absolute atomic E-state index is 11.8. The van der Waals surface area contributed by atoms with Crippen molar-refractivity contribution in [1.29, 1.82) is 0 Å². The average molecular weight is 347 g/mol. The molecule has 0 aliphatic rings. The predicted molar refractivity (Wildman–Crippen MR) is 90.5 cm³/mol. The summed E-state index contributed by atoms with van der Waals surface area (Å²) in [6.45, 7) is 3.11. The summed E-state index contributed by atoms with van der Waals surface area (Å²) in [5.74, 6) is -0.0233. The van der Waals surface area contributed by atoms with Gasteiger partial charge in [0, 0.05) is 10.2 Å². The van der Waals surface area contributed by atoms with Crippen LogP contribution >= 0.6 is 15.9 Å². The second-order valence-corrected chi connectivity index (χ2v) is 5.78. The molecule has 0 aliphatic heterocycles. The molecule has 0 fully saturated rings. The van der Waals surface area contributed by atoms with Crippen molar-refractivity contribution >= 4 is 27.5 Å². The van der Waals surface area contributed by atoms with E-state index in [1.165, 1.54) is 5.56 Å². The lowest BCUT2D eigenvalue weighted by molar-refractivity contribution is -0.115. The van der Waals surface area contributed by atoms with Crippen molar-refractivity contribution in [3.8, 4) is 0 Å². The summed E-state index contributed by atoms with van der Waals surface area (Å²) < 4.78 is 1.04. The van der Waals surface area contributed by atoms with Gasteiger partial charge in [-0.1, -0.05) is 46.3 Å². The van der Waals surface area contributed by atoms with Crippen molar-refractivity contribution in [3.63, 3.8) is 0 Å². The van der Waals surface area contributed by atoms with Gasteiger partial charge in [0.1, 0.15) is 0 Å². The number of anilines is 1. The molecular formula is C17H19BrN2O.